The van der Waals surface area contributed by atoms with E-state index in [0.29, 0.717) is 23.7 Å². The van der Waals surface area contributed by atoms with Crippen molar-refractivity contribution in [1.82, 2.24) is 0 Å². The van der Waals surface area contributed by atoms with Crippen LogP contribution in [0, 0.1) is 6.92 Å². The lowest BCUT2D eigenvalue weighted by Gasteiger charge is -2.33. The summed E-state index contributed by atoms with van der Waals surface area (Å²) >= 11 is 0. The Bertz CT molecular complexity index is 910. The maximum Gasteiger partial charge on any atom is 0.416 e. The lowest BCUT2D eigenvalue weighted by Crippen LogP contribution is -2.42. The zero-order chi connectivity index (χ0) is 18.4. The molecule has 0 fully saturated rings. The molecule has 0 bridgehead atoms. The van der Waals surface area contributed by atoms with Gasteiger partial charge < -0.3 is 5.11 Å². The molecule has 4 nitrogen and oxygen atoms in total. The molecular weight excluding hydrogens is 355 g/mol. The van der Waals surface area contributed by atoms with Crippen molar-refractivity contribution in [3.8, 4) is 0 Å². The molecule has 0 radical (unpaired) electrons. The van der Waals surface area contributed by atoms with Crippen molar-refractivity contribution in [3.05, 3.63) is 59.2 Å². The molecule has 3 rings (SSSR count). The van der Waals surface area contributed by atoms with Crippen LogP contribution in [-0.2, 0) is 22.6 Å². The summed E-state index contributed by atoms with van der Waals surface area (Å²) in [6.07, 6.45) is -5.26. The molecule has 1 aliphatic heterocycles. The van der Waals surface area contributed by atoms with Crippen molar-refractivity contribution in [3.63, 3.8) is 0 Å². The number of sulfonamides is 1. The highest BCUT2D eigenvalue weighted by Crippen LogP contribution is 2.35. The molecule has 0 aromatic heterocycles. The van der Waals surface area contributed by atoms with Gasteiger partial charge >= 0.3 is 6.18 Å². The van der Waals surface area contributed by atoms with Crippen molar-refractivity contribution in [2.75, 3.05) is 10.8 Å². The number of rotatable bonds is 2. The lowest BCUT2D eigenvalue weighted by molar-refractivity contribution is -0.137. The zero-order valence-electron chi connectivity index (χ0n) is 13.3. The number of nitrogens with zero attached hydrogens (tertiary/aromatic N) is 1. The van der Waals surface area contributed by atoms with E-state index >= 15 is 0 Å². The van der Waals surface area contributed by atoms with E-state index in [4.69, 9.17) is 0 Å². The van der Waals surface area contributed by atoms with Gasteiger partial charge in [0.15, 0.2) is 0 Å². The summed E-state index contributed by atoms with van der Waals surface area (Å²) in [5, 5.41) is 10.0. The number of alkyl halides is 3. The summed E-state index contributed by atoms with van der Waals surface area (Å²) in [4.78, 5) is -0.455. The van der Waals surface area contributed by atoms with Crippen LogP contribution in [-0.4, -0.2) is 26.2 Å². The highest BCUT2D eigenvalue weighted by molar-refractivity contribution is 7.92. The molecule has 0 unspecified atom stereocenters. The second-order valence-corrected chi connectivity index (χ2v) is 7.91. The molecule has 2 aromatic rings. The average Bonchev–Trinajstić information content (AvgIpc) is 2.54. The molecule has 8 heteroatoms. The Morgan fingerprint density at radius 2 is 1.88 bits per heavy atom. The Kier molecular flexibility index (Phi) is 4.28. The molecule has 0 spiro atoms. The number of hydrogen-bond donors (Lipinski definition) is 1. The zero-order valence-corrected chi connectivity index (χ0v) is 14.1. The first-order chi connectivity index (χ1) is 11.6. The van der Waals surface area contributed by atoms with E-state index in [1.807, 2.05) is 0 Å². The maximum absolute atomic E-state index is 12.9. The molecule has 134 valence electrons. The molecule has 2 aromatic carbocycles. The quantitative estimate of drug-likeness (QED) is 0.883. The van der Waals surface area contributed by atoms with E-state index in [0.717, 1.165) is 28.1 Å². The number of fused-ring (bicyclic) bond motifs is 1. The Labute approximate surface area is 143 Å². The van der Waals surface area contributed by atoms with Gasteiger partial charge in [-0.25, -0.2) is 8.42 Å². The van der Waals surface area contributed by atoms with Crippen molar-refractivity contribution in [2.24, 2.45) is 0 Å². The highest BCUT2D eigenvalue weighted by atomic mass is 32.2. The standard InChI is InChI=1S/C17H16F3NO3S/c1-11-5-6-12-8-14(22)10-21(16(12)7-11)25(23,24)15-4-2-3-13(9-15)17(18,19)20/h2-7,9,14,22H,8,10H2,1H3/t14-/m0/s1. The number of hydrogen-bond acceptors (Lipinski definition) is 3. The van der Waals surface area contributed by atoms with Crippen molar-refractivity contribution >= 4 is 15.7 Å². The SMILES string of the molecule is Cc1ccc2c(c1)N(S(=O)(=O)c1cccc(C(F)(F)F)c1)C[C@@H](O)C2. The van der Waals surface area contributed by atoms with E-state index in [-0.39, 0.29) is 6.54 Å². The molecular formula is C17H16F3NO3S. The third-order valence-corrected chi connectivity index (χ3v) is 5.87. The minimum Gasteiger partial charge on any atom is -0.391 e. The summed E-state index contributed by atoms with van der Waals surface area (Å²) in [6.45, 7) is 1.59. The molecule has 0 saturated carbocycles. The van der Waals surface area contributed by atoms with Gasteiger partial charge in [0.05, 0.1) is 28.8 Å². The van der Waals surface area contributed by atoms with Crippen molar-refractivity contribution < 1.29 is 26.7 Å². The Balaban J connectivity index is 2.11. The van der Waals surface area contributed by atoms with Crippen molar-refractivity contribution in [1.29, 1.82) is 0 Å². The van der Waals surface area contributed by atoms with Crippen LogP contribution in [0.5, 0.6) is 0 Å². The fourth-order valence-electron chi connectivity index (χ4n) is 2.87. The van der Waals surface area contributed by atoms with Gasteiger partial charge in [-0.05, 0) is 42.3 Å². The number of aliphatic hydroxyl groups is 1. The monoisotopic (exact) mass is 371 g/mol. The van der Waals surface area contributed by atoms with E-state index in [1.165, 1.54) is 0 Å². The fourth-order valence-corrected chi connectivity index (χ4v) is 4.45. The van der Waals surface area contributed by atoms with E-state index < -0.39 is 32.8 Å². The van der Waals surface area contributed by atoms with Gasteiger partial charge in [-0.1, -0.05) is 18.2 Å². The van der Waals surface area contributed by atoms with Crippen molar-refractivity contribution in [2.45, 2.75) is 30.5 Å². The molecule has 1 aliphatic rings. The predicted molar refractivity (Wildman–Crippen MR) is 86.9 cm³/mol. The van der Waals surface area contributed by atoms with E-state index in [2.05, 4.69) is 0 Å². The smallest absolute Gasteiger partial charge is 0.391 e. The normalized spacial score (nSPS) is 18.1. The maximum atomic E-state index is 12.9. The topological polar surface area (TPSA) is 57.6 Å². The van der Waals surface area contributed by atoms with Crippen LogP contribution < -0.4 is 4.31 Å². The van der Waals surface area contributed by atoms with Crippen LogP contribution >= 0.6 is 0 Å². The van der Waals surface area contributed by atoms with Gasteiger partial charge in [0.1, 0.15) is 0 Å². The number of benzene rings is 2. The first-order valence-corrected chi connectivity index (χ1v) is 9.00. The second kappa shape index (κ2) is 6.03. The molecule has 25 heavy (non-hydrogen) atoms. The predicted octanol–water partition coefficient (Wildman–Crippen LogP) is 3.13. The van der Waals surface area contributed by atoms with Crippen LogP contribution in [0.1, 0.15) is 16.7 Å². The van der Waals surface area contributed by atoms with Gasteiger partial charge in [0.25, 0.3) is 10.0 Å². The van der Waals surface area contributed by atoms with Crippen LogP contribution in [0.2, 0.25) is 0 Å². The third-order valence-electron chi connectivity index (χ3n) is 4.09. The number of anilines is 1. The number of halogens is 3. The van der Waals surface area contributed by atoms with Crippen LogP contribution in [0.4, 0.5) is 18.9 Å². The first-order valence-electron chi connectivity index (χ1n) is 7.56. The minimum absolute atomic E-state index is 0.199. The van der Waals surface area contributed by atoms with Gasteiger partial charge in [0.2, 0.25) is 0 Å². The average molecular weight is 371 g/mol. The fraction of sp³-hybridized carbons (Fsp3) is 0.294. The highest BCUT2D eigenvalue weighted by Gasteiger charge is 2.35. The summed E-state index contributed by atoms with van der Waals surface area (Å²) in [6, 6.07) is 8.81. The third kappa shape index (κ3) is 3.36. The van der Waals surface area contributed by atoms with Gasteiger partial charge in [-0.15, -0.1) is 0 Å². The Morgan fingerprint density at radius 3 is 2.56 bits per heavy atom. The molecule has 1 N–H and O–H groups in total. The molecule has 0 saturated heterocycles. The number of aliphatic hydroxyl groups excluding tert-OH is 1. The molecule has 0 amide bonds. The second-order valence-electron chi connectivity index (χ2n) is 6.05. The van der Waals surface area contributed by atoms with E-state index in [1.54, 1.807) is 25.1 Å². The van der Waals surface area contributed by atoms with Crippen LogP contribution in [0.25, 0.3) is 0 Å². The van der Waals surface area contributed by atoms with Gasteiger partial charge in [-0.3, -0.25) is 4.31 Å². The van der Waals surface area contributed by atoms with Gasteiger partial charge in [-0.2, -0.15) is 13.2 Å². The minimum atomic E-state index is -4.64. The first kappa shape index (κ1) is 17.8. The molecule has 1 atom stereocenters. The summed E-state index contributed by atoms with van der Waals surface area (Å²) < 4.78 is 65.6. The lowest BCUT2D eigenvalue weighted by atomic mass is 10.00. The molecule has 1 heterocycles. The summed E-state index contributed by atoms with van der Waals surface area (Å²) in [5.41, 5.74) is 0.817. The summed E-state index contributed by atoms with van der Waals surface area (Å²) in [5.74, 6) is 0. The molecule has 0 aliphatic carbocycles. The summed E-state index contributed by atoms with van der Waals surface area (Å²) in [7, 11) is -4.23. The van der Waals surface area contributed by atoms with E-state index in [9.17, 15) is 26.7 Å². The Morgan fingerprint density at radius 1 is 1.16 bits per heavy atom. The largest absolute Gasteiger partial charge is 0.416 e. The number of β-amino-alcohol motifs (C(OH)–C–C–N with tert-alkyl or cyclic N) is 1. The Hall–Kier alpha value is -2.06. The van der Waals surface area contributed by atoms with Crippen LogP contribution in [0.3, 0.4) is 0 Å². The number of aryl methyl sites for hydroxylation is 1. The van der Waals surface area contributed by atoms with Gasteiger partial charge in [0, 0.05) is 6.42 Å². The van der Waals surface area contributed by atoms with Crippen LogP contribution in [0.15, 0.2) is 47.4 Å².